The first kappa shape index (κ1) is 65.1. The molecule has 0 aromatic heterocycles. The summed E-state index contributed by atoms with van der Waals surface area (Å²) in [5.74, 6) is 0.988. The number of rotatable bonds is 23. The van der Waals surface area contributed by atoms with E-state index in [0.717, 1.165) is 116 Å². The fourth-order valence-electron chi connectivity index (χ4n) is 12.6. The first-order valence-electron chi connectivity index (χ1n) is 31.3. The largest absolute Gasteiger partial charge is 0.496 e. The number of benzene rings is 12. The summed E-state index contributed by atoms with van der Waals surface area (Å²) >= 11 is 0. The number of hydrogen-bond donors (Lipinski definition) is 3. The van der Waals surface area contributed by atoms with Crippen molar-refractivity contribution in [2.75, 3.05) is 49.3 Å². The van der Waals surface area contributed by atoms with Gasteiger partial charge in [0.25, 0.3) is 8.32 Å². The maximum absolute atomic E-state index is 11.5. The second-order valence-electron chi connectivity index (χ2n) is 23.0. The standard InChI is InChI=1S/C83H68O13Si/c1-8-96-97(66-39-33-60(34-40-66)72-48-75(90-2)69(45-78(72)93-5)57-21-9-51(10-22-57)54-15-27-63(28-16-54)81(84)85,67-41-35-61(36-42-67)73-49-76(91-3)70(46-79(73)94-6)58-23-11-52(12-24-58)55-17-29-64(30-18-55)82(86)87)68-43-37-62(38-44-68)74-50-77(92-4)71(47-80(74)95-7)59-25-13-53(14-26-59)56-19-31-65(32-20-56)83(88)89/h9-50H,8H2,1-7H3,(H,84,85)(H,86,87)(H,88,89). The van der Waals surface area contributed by atoms with E-state index in [0.29, 0.717) is 41.1 Å². The van der Waals surface area contributed by atoms with Gasteiger partial charge in [-0.2, -0.15) is 0 Å². The first-order chi connectivity index (χ1) is 47.2. The van der Waals surface area contributed by atoms with Crippen molar-refractivity contribution in [1.82, 2.24) is 0 Å². The van der Waals surface area contributed by atoms with E-state index < -0.39 is 26.2 Å². The smallest absolute Gasteiger partial charge is 0.335 e. The topological polar surface area (TPSA) is 177 Å². The van der Waals surface area contributed by atoms with Gasteiger partial charge in [-0.15, -0.1) is 0 Å². The van der Waals surface area contributed by atoms with Crippen LogP contribution >= 0.6 is 0 Å². The number of carboxylic acids is 3. The lowest BCUT2D eigenvalue weighted by Gasteiger charge is -2.33. The molecule has 482 valence electrons. The molecule has 0 radical (unpaired) electrons. The molecule has 0 fully saturated rings. The van der Waals surface area contributed by atoms with E-state index in [2.05, 4.69) is 72.8 Å². The van der Waals surface area contributed by atoms with Gasteiger partial charge in [-0.3, -0.25) is 0 Å². The third-order valence-electron chi connectivity index (χ3n) is 17.7. The van der Waals surface area contributed by atoms with Crippen molar-refractivity contribution in [2.24, 2.45) is 0 Å². The summed E-state index contributed by atoms with van der Waals surface area (Å²) in [6.45, 7) is 2.43. The van der Waals surface area contributed by atoms with Gasteiger partial charge < -0.3 is 48.2 Å². The molecule has 0 aliphatic carbocycles. The molecule has 13 nitrogen and oxygen atoms in total. The van der Waals surface area contributed by atoms with Crippen LogP contribution in [0.5, 0.6) is 34.5 Å². The summed E-state index contributed by atoms with van der Waals surface area (Å²) in [6.07, 6.45) is 0. The van der Waals surface area contributed by atoms with Gasteiger partial charge in [0.15, 0.2) is 0 Å². The van der Waals surface area contributed by atoms with Crippen LogP contribution in [0.2, 0.25) is 0 Å². The number of carbonyl (C=O) groups is 3. The molecule has 0 aliphatic rings. The Morgan fingerprint density at radius 3 is 0.567 bits per heavy atom. The first-order valence-corrected chi connectivity index (χ1v) is 33.2. The molecule has 0 bridgehead atoms. The van der Waals surface area contributed by atoms with Gasteiger partial charge in [-0.1, -0.05) is 182 Å². The van der Waals surface area contributed by atoms with Crippen LogP contribution in [0.25, 0.3) is 100 Å². The Bertz CT molecular complexity index is 4350. The van der Waals surface area contributed by atoms with Crippen LogP contribution in [0, 0.1) is 0 Å². The van der Waals surface area contributed by atoms with Gasteiger partial charge in [0.2, 0.25) is 0 Å². The molecule has 0 aliphatic heterocycles. The van der Waals surface area contributed by atoms with Gasteiger partial charge in [-0.05, 0) is 162 Å². The lowest BCUT2D eigenvalue weighted by molar-refractivity contribution is 0.0686. The molecular weight excluding hydrogens is 1230 g/mol. The number of carboxylic acid groups (broad SMARTS) is 3. The highest BCUT2D eigenvalue weighted by molar-refractivity contribution is 7.07. The minimum atomic E-state index is -3.43. The predicted octanol–water partition coefficient (Wildman–Crippen LogP) is 16.8. The van der Waals surface area contributed by atoms with E-state index in [1.54, 1.807) is 115 Å². The van der Waals surface area contributed by atoms with Crippen molar-refractivity contribution in [3.05, 3.63) is 271 Å². The lowest BCUT2D eigenvalue weighted by atomic mass is 9.96. The minimum absolute atomic E-state index is 0.227. The Labute approximate surface area is 563 Å². The lowest BCUT2D eigenvalue weighted by Crippen LogP contribution is -2.69. The summed E-state index contributed by atoms with van der Waals surface area (Å²) in [4.78, 5) is 34.6. The van der Waals surface area contributed by atoms with Crippen LogP contribution in [0.1, 0.15) is 38.0 Å². The predicted molar refractivity (Wildman–Crippen MR) is 385 cm³/mol. The summed E-state index contributed by atoms with van der Waals surface area (Å²) in [5.41, 5.74) is 16.6. The van der Waals surface area contributed by atoms with Crippen molar-refractivity contribution in [3.8, 4) is 135 Å². The maximum atomic E-state index is 11.5. The van der Waals surface area contributed by atoms with Crippen molar-refractivity contribution in [2.45, 2.75) is 6.92 Å². The SMILES string of the molecule is CCO[Si](c1ccc(-c2cc(OC)c(-c3ccc(-c4ccc(C(=O)O)cc4)cc3)cc2OC)cc1)(c1ccc(-c2cc(OC)c(-c3ccc(-c4ccc(C(=O)O)cc4)cc3)cc2OC)cc1)c1ccc(-c2cc(OC)c(-c3ccc(-c4ccc(C(=O)O)cc4)cc3)cc2OC)cc1. The molecule has 12 aromatic rings. The van der Waals surface area contributed by atoms with Crippen LogP contribution in [0.4, 0.5) is 0 Å². The van der Waals surface area contributed by atoms with Crippen molar-refractivity contribution in [3.63, 3.8) is 0 Å². The second kappa shape index (κ2) is 28.3. The van der Waals surface area contributed by atoms with Crippen LogP contribution in [-0.4, -0.2) is 90.8 Å². The summed E-state index contributed by atoms with van der Waals surface area (Å²) < 4.78 is 44.1. The highest BCUT2D eigenvalue weighted by Gasteiger charge is 2.42. The summed E-state index contributed by atoms with van der Waals surface area (Å²) in [5, 5.41) is 31.3. The van der Waals surface area contributed by atoms with E-state index in [9.17, 15) is 29.7 Å². The fourth-order valence-corrected chi connectivity index (χ4v) is 16.5. The van der Waals surface area contributed by atoms with Gasteiger partial charge in [0.1, 0.15) is 34.5 Å². The number of aromatic carboxylic acids is 3. The highest BCUT2D eigenvalue weighted by Crippen LogP contribution is 2.45. The molecular formula is C83H68O13Si. The molecule has 0 heterocycles. The zero-order chi connectivity index (χ0) is 67.9. The average molecular weight is 1300 g/mol. The molecule has 0 saturated carbocycles. The van der Waals surface area contributed by atoms with Crippen molar-refractivity contribution in [1.29, 1.82) is 0 Å². The van der Waals surface area contributed by atoms with E-state index >= 15 is 0 Å². The zero-order valence-corrected chi connectivity index (χ0v) is 55.4. The molecule has 12 rings (SSSR count). The van der Waals surface area contributed by atoms with E-state index in [1.807, 2.05) is 116 Å². The molecule has 97 heavy (non-hydrogen) atoms. The fraction of sp³-hybridized carbons (Fsp3) is 0.0964. The van der Waals surface area contributed by atoms with Crippen molar-refractivity contribution < 1.29 is 62.6 Å². The second-order valence-corrected chi connectivity index (χ2v) is 26.4. The summed E-state index contributed by atoms with van der Waals surface area (Å²) in [7, 11) is 6.52. The number of ether oxygens (including phenoxy) is 6. The van der Waals surface area contributed by atoms with Gasteiger partial charge in [0.05, 0.1) is 59.3 Å². The van der Waals surface area contributed by atoms with E-state index in [1.165, 1.54) is 0 Å². The normalized spacial score (nSPS) is 11.2. The average Bonchev–Trinajstić information content (AvgIpc) is 0.754. The molecule has 0 amide bonds. The van der Waals surface area contributed by atoms with Crippen molar-refractivity contribution >= 4 is 41.8 Å². The minimum Gasteiger partial charge on any atom is -0.496 e. The quantitative estimate of drug-likeness (QED) is 0.0408. The third-order valence-corrected chi connectivity index (χ3v) is 21.9. The molecule has 14 heteroatoms. The molecule has 12 aromatic carbocycles. The Balaban J connectivity index is 0.912. The molecule has 0 unspecified atom stereocenters. The van der Waals surface area contributed by atoms with Crippen LogP contribution in [0.15, 0.2) is 255 Å². The Kier molecular flexibility index (Phi) is 19.0. The van der Waals surface area contributed by atoms with Crippen LogP contribution in [-0.2, 0) is 4.43 Å². The molecule has 0 saturated heterocycles. The van der Waals surface area contributed by atoms with Gasteiger partial charge in [0, 0.05) is 40.0 Å². The van der Waals surface area contributed by atoms with E-state index in [-0.39, 0.29) is 16.7 Å². The number of methoxy groups -OCH3 is 6. The monoisotopic (exact) mass is 1300 g/mol. The summed E-state index contributed by atoms with van der Waals surface area (Å²) in [6, 6.07) is 82.2. The zero-order valence-electron chi connectivity index (χ0n) is 54.4. The number of hydrogen-bond acceptors (Lipinski definition) is 10. The van der Waals surface area contributed by atoms with Crippen LogP contribution in [0.3, 0.4) is 0 Å². The van der Waals surface area contributed by atoms with E-state index in [4.69, 9.17) is 32.8 Å². The highest BCUT2D eigenvalue weighted by atomic mass is 28.4. The Morgan fingerprint density at radius 1 is 0.258 bits per heavy atom. The van der Waals surface area contributed by atoms with Gasteiger partial charge in [-0.25, -0.2) is 14.4 Å². The van der Waals surface area contributed by atoms with Crippen LogP contribution < -0.4 is 44.0 Å². The Morgan fingerprint density at radius 2 is 0.412 bits per heavy atom. The Hall–Kier alpha value is -12.0. The third kappa shape index (κ3) is 13.1. The maximum Gasteiger partial charge on any atom is 0.335 e. The molecule has 0 spiro atoms. The molecule has 3 N–H and O–H groups in total. The molecule has 0 atom stereocenters. The van der Waals surface area contributed by atoms with Gasteiger partial charge >= 0.3 is 17.9 Å².